The van der Waals surface area contributed by atoms with Crippen LogP contribution in [0.15, 0.2) is 0 Å². The van der Waals surface area contributed by atoms with Gasteiger partial charge in [0.25, 0.3) is 0 Å². The third kappa shape index (κ3) is 9.54. The number of carbonyl (C=O) groups is 2. The number of likely N-dealkylation sites (tertiary alicyclic amines) is 1. The fourth-order valence-electron chi connectivity index (χ4n) is 7.56. The summed E-state index contributed by atoms with van der Waals surface area (Å²) in [5, 5.41) is 0. The summed E-state index contributed by atoms with van der Waals surface area (Å²) in [6.07, 6.45) is 21.6. The minimum absolute atomic E-state index is 0. The van der Waals surface area contributed by atoms with Crippen molar-refractivity contribution < 1.29 is 9.59 Å². The quantitative estimate of drug-likeness (QED) is 0.372. The molecule has 0 radical (unpaired) electrons. The topological polar surface area (TPSA) is 92.7 Å². The molecular formula is C29H54Cl2N4O2. The van der Waals surface area contributed by atoms with Gasteiger partial charge in [-0.3, -0.25) is 14.5 Å². The van der Waals surface area contributed by atoms with E-state index in [0.717, 1.165) is 64.0 Å². The van der Waals surface area contributed by atoms with Gasteiger partial charge in [-0.05, 0) is 88.5 Å². The normalized spacial score (nSPS) is 28.4. The van der Waals surface area contributed by atoms with Crippen LogP contribution in [-0.4, -0.2) is 59.4 Å². The maximum Gasteiger partial charge on any atom is 0.240 e. The van der Waals surface area contributed by atoms with Crippen molar-refractivity contribution in [3.8, 4) is 0 Å². The summed E-state index contributed by atoms with van der Waals surface area (Å²) in [5.74, 6) is 1.92. The molecular weight excluding hydrogens is 507 g/mol. The van der Waals surface area contributed by atoms with Crippen molar-refractivity contribution in [3.05, 3.63) is 0 Å². The Balaban J connectivity index is 0.00000241. The molecule has 0 spiro atoms. The standard InChI is InChI=1S/C29H52N4O2.2ClH/c30-25-15-13-23(14-16-25)20-27(29(35)33-18-7-12-26(33)28(31)34)32(21-24-10-5-2-6-11-24)19-17-22-8-3-1-4-9-22;;/h22-27H,1-21,30H2,(H2,31,34);2*1H/t23?,25?,26-,27+;;/m0../s1. The summed E-state index contributed by atoms with van der Waals surface area (Å²) in [6.45, 7) is 2.75. The van der Waals surface area contributed by atoms with Gasteiger partial charge in [0.05, 0.1) is 6.04 Å². The second-order valence-electron chi connectivity index (χ2n) is 12.4. The highest BCUT2D eigenvalue weighted by Crippen LogP contribution is 2.33. The van der Waals surface area contributed by atoms with Gasteiger partial charge in [-0.1, -0.05) is 51.4 Å². The monoisotopic (exact) mass is 560 g/mol. The van der Waals surface area contributed by atoms with Crippen molar-refractivity contribution in [3.63, 3.8) is 0 Å². The van der Waals surface area contributed by atoms with Crippen molar-refractivity contribution in [2.24, 2.45) is 29.2 Å². The zero-order valence-corrected chi connectivity index (χ0v) is 24.6. The van der Waals surface area contributed by atoms with Crippen LogP contribution in [0.4, 0.5) is 0 Å². The van der Waals surface area contributed by atoms with Crippen LogP contribution in [0.5, 0.6) is 0 Å². The van der Waals surface area contributed by atoms with Crippen LogP contribution in [0, 0.1) is 17.8 Å². The molecule has 3 saturated carbocycles. The molecule has 1 saturated heterocycles. The zero-order chi connectivity index (χ0) is 24.6. The van der Waals surface area contributed by atoms with Crippen molar-refractivity contribution >= 4 is 36.6 Å². The smallest absolute Gasteiger partial charge is 0.240 e. The minimum atomic E-state index is -0.417. The van der Waals surface area contributed by atoms with E-state index in [9.17, 15) is 9.59 Å². The maximum absolute atomic E-state index is 14.2. The molecule has 4 rings (SSSR count). The number of nitrogens with two attached hydrogens (primary N) is 2. The molecule has 4 N–H and O–H groups in total. The average Bonchev–Trinajstić information content (AvgIpc) is 3.38. The van der Waals surface area contributed by atoms with E-state index in [2.05, 4.69) is 4.90 Å². The Kier molecular flexibility index (Phi) is 14.6. The van der Waals surface area contributed by atoms with E-state index in [1.54, 1.807) is 0 Å². The van der Waals surface area contributed by atoms with Gasteiger partial charge < -0.3 is 16.4 Å². The zero-order valence-electron chi connectivity index (χ0n) is 23.0. The molecule has 0 aromatic rings. The molecule has 1 aliphatic heterocycles. The first-order chi connectivity index (χ1) is 17.0. The number of primary amides is 1. The van der Waals surface area contributed by atoms with Crippen molar-refractivity contribution in [2.45, 2.75) is 134 Å². The van der Waals surface area contributed by atoms with E-state index in [4.69, 9.17) is 11.5 Å². The number of halogens is 2. The molecule has 2 atom stereocenters. The first kappa shape index (κ1) is 32.7. The van der Waals surface area contributed by atoms with E-state index >= 15 is 0 Å². The summed E-state index contributed by atoms with van der Waals surface area (Å²) in [7, 11) is 0. The summed E-state index contributed by atoms with van der Waals surface area (Å²) < 4.78 is 0. The second-order valence-corrected chi connectivity index (χ2v) is 12.4. The Morgan fingerprint density at radius 1 is 0.757 bits per heavy atom. The van der Waals surface area contributed by atoms with Crippen molar-refractivity contribution in [2.75, 3.05) is 19.6 Å². The Morgan fingerprint density at radius 3 is 1.95 bits per heavy atom. The fraction of sp³-hybridized carbons (Fsp3) is 0.931. The molecule has 6 nitrogen and oxygen atoms in total. The number of carbonyl (C=O) groups excluding carboxylic acids is 2. The lowest BCUT2D eigenvalue weighted by Crippen LogP contribution is -2.54. The summed E-state index contributed by atoms with van der Waals surface area (Å²) in [4.78, 5) is 30.8. The SMILES string of the molecule is Cl.Cl.NC(=O)[C@@H]1CCCN1C(=O)[C@@H](CC1CCC(N)CC1)N(CCC1CCCCC1)CC1CCCCC1. The lowest BCUT2D eigenvalue weighted by molar-refractivity contribution is -0.143. The average molecular weight is 562 g/mol. The third-order valence-corrected chi connectivity index (χ3v) is 9.80. The van der Waals surface area contributed by atoms with E-state index in [1.165, 1.54) is 70.6 Å². The summed E-state index contributed by atoms with van der Waals surface area (Å²) in [5.41, 5.74) is 12.0. The van der Waals surface area contributed by atoms with Gasteiger partial charge in [-0.15, -0.1) is 24.8 Å². The highest BCUT2D eigenvalue weighted by molar-refractivity contribution is 5.89. The predicted molar refractivity (Wildman–Crippen MR) is 156 cm³/mol. The number of rotatable bonds is 10. The fourth-order valence-corrected chi connectivity index (χ4v) is 7.56. The molecule has 37 heavy (non-hydrogen) atoms. The Morgan fingerprint density at radius 2 is 1.35 bits per heavy atom. The van der Waals surface area contributed by atoms with Crippen LogP contribution >= 0.6 is 24.8 Å². The molecule has 8 heteroatoms. The lowest BCUT2D eigenvalue weighted by Gasteiger charge is -2.40. The number of nitrogens with zero attached hydrogens (tertiary/aromatic N) is 2. The molecule has 1 heterocycles. The van der Waals surface area contributed by atoms with Gasteiger partial charge in [-0.25, -0.2) is 0 Å². The Labute approximate surface area is 238 Å². The number of hydrogen-bond acceptors (Lipinski definition) is 4. The van der Waals surface area contributed by atoms with Gasteiger partial charge in [0.15, 0.2) is 0 Å². The molecule has 0 unspecified atom stereocenters. The van der Waals surface area contributed by atoms with Gasteiger partial charge in [0, 0.05) is 19.1 Å². The van der Waals surface area contributed by atoms with E-state index in [1.807, 2.05) is 4.90 Å². The first-order valence-electron chi connectivity index (χ1n) is 15.1. The van der Waals surface area contributed by atoms with Gasteiger partial charge in [-0.2, -0.15) is 0 Å². The first-order valence-corrected chi connectivity index (χ1v) is 15.1. The predicted octanol–water partition coefficient (Wildman–Crippen LogP) is 5.44. The molecule has 4 fully saturated rings. The molecule has 2 amide bonds. The Hall–Kier alpha value is -0.560. The van der Waals surface area contributed by atoms with Crippen LogP contribution in [0.2, 0.25) is 0 Å². The number of hydrogen-bond donors (Lipinski definition) is 2. The Bertz CT molecular complexity index is 677. The van der Waals surface area contributed by atoms with Gasteiger partial charge in [0.1, 0.15) is 6.04 Å². The molecule has 4 aliphatic rings. The van der Waals surface area contributed by atoms with Gasteiger partial charge >= 0.3 is 0 Å². The molecule has 3 aliphatic carbocycles. The van der Waals surface area contributed by atoms with Crippen molar-refractivity contribution in [1.82, 2.24) is 9.80 Å². The number of amides is 2. The van der Waals surface area contributed by atoms with E-state index < -0.39 is 6.04 Å². The van der Waals surface area contributed by atoms with E-state index in [-0.39, 0.29) is 42.7 Å². The highest BCUT2D eigenvalue weighted by Gasteiger charge is 2.40. The summed E-state index contributed by atoms with van der Waals surface area (Å²) in [6, 6.07) is -0.206. The van der Waals surface area contributed by atoms with Gasteiger partial charge in [0.2, 0.25) is 11.8 Å². The van der Waals surface area contributed by atoms with Crippen LogP contribution in [0.25, 0.3) is 0 Å². The van der Waals surface area contributed by atoms with Crippen molar-refractivity contribution in [1.29, 1.82) is 0 Å². The van der Waals surface area contributed by atoms with Crippen LogP contribution in [0.3, 0.4) is 0 Å². The highest BCUT2D eigenvalue weighted by atomic mass is 35.5. The third-order valence-electron chi connectivity index (χ3n) is 9.80. The minimum Gasteiger partial charge on any atom is -0.368 e. The van der Waals surface area contributed by atoms with Crippen LogP contribution < -0.4 is 11.5 Å². The lowest BCUT2D eigenvalue weighted by atomic mass is 9.81. The van der Waals surface area contributed by atoms with Crippen LogP contribution in [0.1, 0.15) is 116 Å². The summed E-state index contributed by atoms with van der Waals surface area (Å²) >= 11 is 0. The van der Waals surface area contributed by atoms with Crippen LogP contribution in [-0.2, 0) is 9.59 Å². The second kappa shape index (κ2) is 16.5. The molecule has 0 aromatic heterocycles. The molecule has 216 valence electrons. The largest absolute Gasteiger partial charge is 0.368 e. The molecule has 0 aromatic carbocycles. The maximum atomic E-state index is 14.2. The molecule has 0 bridgehead atoms. The van der Waals surface area contributed by atoms with E-state index in [0.29, 0.717) is 24.4 Å².